The Balaban J connectivity index is 2.85. The van der Waals surface area contributed by atoms with E-state index >= 15 is 0 Å². The maximum atomic E-state index is 12.0. The van der Waals surface area contributed by atoms with Crippen LogP contribution in [-0.2, 0) is 14.3 Å². The van der Waals surface area contributed by atoms with Gasteiger partial charge >= 0.3 is 12.1 Å². The summed E-state index contributed by atoms with van der Waals surface area (Å²) in [5.74, 6) is -0.650. The number of amides is 1. The van der Waals surface area contributed by atoms with Gasteiger partial charge in [-0.05, 0) is 40.5 Å². The predicted octanol–water partition coefficient (Wildman–Crippen LogP) is 1.95. The molecule has 0 unspecified atom stereocenters. The molecule has 1 amide bonds. The van der Waals surface area contributed by atoms with E-state index in [1.807, 2.05) is 0 Å². The Labute approximate surface area is 105 Å². The average Bonchev–Trinajstić information content (AvgIpc) is 2.53. The fourth-order valence-electron chi connectivity index (χ4n) is 1.46. The third-order valence-electron chi connectivity index (χ3n) is 2.11. The molecule has 0 aromatic heterocycles. The summed E-state index contributed by atoms with van der Waals surface area (Å²) in [6.45, 7) is 6.99. The van der Waals surface area contributed by atoms with Gasteiger partial charge in [0.1, 0.15) is 11.6 Å². The second-order valence-corrected chi connectivity index (χ2v) is 4.76. The summed E-state index contributed by atoms with van der Waals surface area (Å²) in [4.78, 5) is 24.9. The van der Waals surface area contributed by atoms with Crippen LogP contribution in [0.5, 0.6) is 0 Å². The van der Waals surface area contributed by atoms with E-state index in [1.165, 1.54) is 0 Å². The Kier molecular flexibility index (Phi) is 3.44. The van der Waals surface area contributed by atoms with Crippen LogP contribution < -0.4 is 0 Å². The summed E-state index contributed by atoms with van der Waals surface area (Å²) >= 11 is 0. The maximum absolute atomic E-state index is 12.0. The van der Waals surface area contributed by atoms with Gasteiger partial charge in [0.05, 0.1) is 6.61 Å². The van der Waals surface area contributed by atoms with E-state index < -0.39 is 36.5 Å². The van der Waals surface area contributed by atoms with Gasteiger partial charge in [-0.15, -0.1) is 0 Å². The molecule has 0 saturated carbocycles. The third kappa shape index (κ3) is 3.91. The van der Waals surface area contributed by atoms with Crippen LogP contribution >= 0.6 is 0 Å². The van der Waals surface area contributed by atoms with Crippen molar-refractivity contribution in [3.05, 3.63) is 0 Å². The molecular formula is C12H21NO4. The molecule has 17 heavy (non-hydrogen) atoms. The fraction of sp³-hybridized carbons (Fsp3) is 0.833. The Hall–Kier alpha value is -1.26. The van der Waals surface area contributed by atoms with Crippen LogP contribution in [0.3, 0.4) is 0 Å². The summed E-state index contributed by atoms with van der Waals surface area (Å²) in [6, 6.07) is -1.06. The molecule has 0 aromatic carbocycles. The molecular weight excluding hydrogens is 222 g/mol. The van der Waals surface area contributed by atoms with Gasteiger partial charge in [-0.25, -0.2) is 9.59 Å². The number of nitrogens with zero attached hydrogens (tertiary/aromatic N) is 1. The van der Waals surface area contributed by atoms with Gasteiger partial charge in [-0.1, -0.05) is 0 Å². The summed E-state index contributed by atoms with van der Waals surface area (Å²) < 4.78 is 25.6. The molecule has 0 aliphatic carbocycles. The first kappa shape index (κ1) is 10.9. The minimum atomic E-state index is -1.06. The number of ether oxygens (including phenoxy) is 2. The summed E-state index contributed by atoms with van der Waals surface area (Å²) in [5, 5.41) is 0. The minimum absolute atomic E-state index is 0.00651. The first-order chi connectivity index (χ1) is 8.67. The minimum Gasteiger partial charge on any atom is -0.464 e. The number of hydrogen-bond donors (Lipinski definition) is 0. The fourth-order valence-corrected chi connectivity index (χ4v) is 1.46. The zero-order valence-corrected chi connectivity index (χ0v) is 10.7. The lowest BCUT2D eigenvalue weighted by atomic mass is 10.2. The van der Waals surface area contributed by atoms with Crippen molar-refractivity contribution in [1.82, 2.24) is 4.90 Å². The lowest BCUT2D eigenvalue weighted by Gasteiger charge is -2.27. The molecule has 1 aliphatic heterocycles. The molecule has 1 rings (SSSR count). The zero-order valence-electron chi connectivity index (χ0n) is 12.7. The molecule has 5 heteroatoms. The van der Waals surface area contributed by atoms with E-state index in [0.29, 0.717) is 0 Å². The average molecular weight is 245 g/mol. The molecule has 0 spiro atoms. The molecule has 98 valence electrons. The first-order valence-corrected chi connectivity index (χ1v) is 5.68. The van der Waals surface area contributed by atoms with Crippen molar-refractivity contribution in [3.8, 4) is 0 Å². The molecule has 0 aromatic rings. The van der Waals surface area contributed by atoms with E-state index in [0.717, 1.165) is 4.90 Å². The number of likely N-dealkylation sites (tertiary alicyclic amines) is 1. The Morgan fingerprint density at radius 3 is 2.65 bits per heavy atom. The van der Waals surface area contributed by atoms with Crippen LogP contribution in [0.25, 0.3) is 0 Å². The van der Waals surface area contributed by atoms with E-state index in [9.17, 15) is 9.59 Å². The topological polar surface area (TPSA) is 55.8 Å². The second kappa shape index (κ2) is 5.38. The smallest absolute Gasteiger partial charge is 0.411 e. The van der Waals surface area contributed by atoms with Crippen molar-refractivity contribution in [2.75, 3.05) is 13.2 Å². The van der Waals surface area contributed by atoms with E-state index in [4.69, 9.17) is 12.2 Å². The lowest BCUT2D eigenvalue weighted by molar-refractivity contribution is -0.148. The number of carbonyl (C=O) groups excluding carboxylic acids is 2. The van der Waals surface area contributed by atoms with Crippen molar-refractivity contribution in [2.45, 2.75) is 52.1 Å². The van der Waals surface area contributed by atoms with Crippen molar-refractivity contribution in [2.24, 2.45) is 0 Å². The van der Waals surface area contributed by atoms with Gasteiger partial charge in [0, 0.05) is 9.29 Å². The Morgan fingerprint density at radius 2 is 2.12 bits per heavy atom. The molecule has 5 nitrogen and oxygen atoms in total. The highest BCUT2D eigenvalue weighted by Gasteiger charge is 2.37. The number of hydrogen-bond acceptors (Lipinski definition) is 4. The van der Waals surface area contributed by atoms with Crippen LogP contribution in [0.1, 0.15) is 43.2 Å². The van der Waals surface area contributed by atoms with E-state index in [1.54, 1.807) is 27.7 Å². The van der Waals surface area contributed by atoms with Gasteiger partial charge in [0.2, 0.25) is 0 Å². The Bertz CT molecular complexity index is 356. The zero-order chi connectivity index (χ0) is 14.8. The third-order valence-corrected chi connectivity index (χ3v) is 2.11. The largest absolute Gasteiger partial charge is 0.464 e. The van der Waals surface area contributed by atoms with Gasteiger partial charge in [-0.2, -0.15) is 0 Å². The first-order valence-electron chi connectivity index (χ1n) is 6.83. The van der Waals surface area contributed by atoms with E-state index in [-0.39, 0.29) is 13.2 Å². The van der Waals surface area contributed by atoms with Crippen LogP contribution in [0.2, 0.25) is 0 Å². The van der Waals surface area contributed by atoms with Crippen LogP contribution in [0.4, 0.5) is 4.79 Å². The van der Waals surface area contributed by atoms with E-state index in [2.05, 4.69) is 0 Å². The summed E-state index contributed by atoms with van der Waals surface area (Å²) in [7, 11) is 0. The van der Waals surface area contributed by atoms with Gasteiger partial charge in [-0.3, -0.25) is 4.90 Å². The highest BCUT2D eigenvalue weighted by Crippen LogP contribution is 2.21. The van der Waals surface area contributed by atoms with Crippen molar-refractivity contribution in [1.29, 1.82) is 0 Å². The SMILES string of the molecule is [2H][C@@H]1[C@@H](C(=O)OCC)N(C(=O)OC(C)(C)C)C[C@@H]1[2H]. The van der Waals surface area contributed by atoms with Crippen molar-refractivity contribution in [3.63, 3.8) is 0 Å². The number of esters is 1. The summed E-state index contributed by atoms with van der Waals surface area (Å²) in [6.07, 6.45) is -2.52. The molecule has 0 radical (unpaired) electrons. The molecule has 1 aliphatic rings. The maximum Gasteiger partial charge on any atom is 0.411 e. The Morgan fingerprint density at radius 1 is 1.47 bits per heavy atom. The van der Waals surface area contributed by atoms with Gasteiger partial charge < -0.3 is 9.47 Å². The van der Waals surface area contributed by atoms with Crippen LogP contribution in [0.15, 0.2) is 0 Å². The second-order valence-electron chi connectivity index (χ2n) is 4.76. The molecule has 3 atom stereocenters. The normalized spacial score (nSPS) is 30.6. The molecule has 1 heterocycles. The number of rotatable bonds is 2. The monoisotopic (exact) mass is 245 g/mol. The molecule has 1 fully saturated rings. The van der Waals surface area contributed by atoms with Gasteiger partial charge in [0.15, 0.2) is 0 Å². The highest BCUT2D eigenvalue weighted by molar-refractivity contribution is 5.82. The summed E-state index contributed by atoms with van der Waals surface area (Å²) in [5.41, 5.74) is -0.687. The van der Waals surface area contributed by atoms with Crippen molar-refractivity contribution >= 4 is 12.1 Å². The van der Waals surface area contributed by atoms with Crippen molar-refractivity contribution < 1.29 is 21.8 Å². The number of carbonyl (C=O) groups is 2. The standard InChI is InChI=1S/C12H21NO4/c1-5-16-10(14)9-7-6-8-13(9)11(15)17-12(2,3)4/h9H,5-8H2,1-4H3/t9-/m0/s1/i6D,7D/t6-,7+,9+/m1. The molecule has 0 N–H and O–H groups in total. The molecule has 1 saturated heterocycles. The lowest BCUT2D eigenvalue weighted by Crippen LogP contribution is -2.44. The quantitative estimate of drug-likeness (QED) is 0.698. The highest BCUT2D eigenvalue weighted by atomic mass is 16.6. The molecule has 0 bridgehead atoms. The van der Waals surface area contributed by atoms with Crippen LogP contribution in [0, 0.1) is 0 Å². The van der Waals surface area contributed by atoms with Crippen LogP contribution in [-0.4, -0.2) is 41.8 Å². The van der Waals surface area contributed by atoms with Gasteiger partial charge in [0.25, 0.3) is 0 Å². The predicted molar refractivity (Wildman–Crippen MR) is 62.6 cm³/mol.